The molecule has 1 fully saturated rings. The molecule has 1 aliphatic rings. The van der Waals surface area contributed by atoms with Gasteiger partial charge in [-0.05, 0) is 55.3 Å². The molecule has 8 nitrogen and oxygen atoms in total. The molecule has 0 bridgehead atoms. The predicted molar refractivity (Wildman–Crippen MR) is 136 cm³/mol. The quantitative estimate of drug-likeness (QED) is 0.155. The Kier molecular flexibility index (Phi) is 7.21. The minimum Gasteiger partial charge on any atom is -0.507 e. The summed E-state index contributed by atoms with van der Waals surface area (Å²) in [6.07, 6.45) is 1.60. The van der Waals surface area contributed by atoms with Crippen LogP contribution in [0.1, 0.15) is 38.1 Å². The first-order valence-electron chi connectivity index (χ1n) is 11.1. The second kappa shape index (κ2) is 10.4. The molecule has 1 saturated heterocycles. The number of aromatic nitrogens is 1. The Balaban J connectivity index is 1.89. The van der Waals surface area contributed by atoms with Crippen LogP contribution in [0.3, 0.4) is 0 Å². The van der Waals surface area contributed by atoms with Crippen LogP contribution in [0.4, 0.5) is 9.52 Å². The van der Waals surface area contributed by atoms with E-state index in [1.807, 2.05) is 0 Å². The number of carbonyl (C=O) groups excluding carboxylic acids is 3. The Morgan fingerprint density at radius 1 is 1.22 bits per heavy atom. The van der Waals surface area contributed by atoms with Gasteiger partial charge in [0.05, 0.1) is 24.4 Å². The first kappa shape index (κ1) is 25.8. The molecule has 0 saturated carbocycles. The third kappa shape index (κ3) is 4.75. The lowest BCUT2D eigenvalue weighted by Gasteiger charge is -2.23. The molecule has 0 aliphatic carbocycles. The predicted octanol–water partition coefficient (Wildman–Crippen LogP) is 4.88. The first-order chi connectivity index (χ1) is 17.7. The van der Waals surface area contributed by atoms with E-state index in [0.717, 1.165) is 16.2 Å². The Labute approximate surface area is 216 Å². The zero-order valence-corrected chi connectivity index (χ0v) is 21.1. The number of amides is 1. The molecule has 4 rings (SSSR count). The number of thiazole rings is 1. The van der Waals surface area contributed by atoms with Crippen molar-refractivity contribution in [3.63, 3.8) is 0 Å². The van der Waals surface area contributed by atoms with E-state index in [9.17, 15) is 23.9 Å². The number of aryl methyl sites for hydroxylation is 2. The van der Waals surface area contributed by atoms with Crippen LogP contribution in [-0.4, -0.2) is 41.5 Å². The summed E-state index contributed by atoms with van der Waals surface area (Å²) in [5, 5.41) is 11.4. The van der Waals surface area contributed by atoms with E-state index >= 15 is 0 Å². The van der Waals surface area contributed by atoms with Crippen LogP contribution in [0.2, 0.25) is 0 Å². The molecule has 3 aromatic rings. The molecule has 0 radical (unpaired) electrons. The number of hydrogen-bond acceptors (Lipinski definition) is 8. The van der Waals surface area contributed by atoms with Crippen molar-refractivity contribution in [2.24, 2.45) is 0 Å². The third-order valence-electron chi connectivity index (χ3n) is 5.80. The summed E-state index contributed by atoms with van der Waals surface area (Å²) in [7, 11) is 1.22. The van der Waals surface area contributed by atoms with E-state index in [2.05, 4.69) is 11.6 Å². The Morgan fingerprint density at radius 3 is 2.54 bits per heavy atom. The van der Waals surface area contributed by atoms with Crippen molar-refractivity contribution < 1.29 is 33.4 Å². The number of benzene rings is 2. The Hall–Kier alpha value is -4.31. The average molecular weight is 523 g/mol. The van der Waals surface area contributed by atoms with Crippen molar-refractivity contribution >= 4 is 39.9 Å². The third-order valence-corrected chi connectivity index (χ3v) is 6.93. The van der Waals surface area contributed by atoms with E-state index in [1.165, 1.54) is 31.4 Å². The van der Waals surface area contributed by atoms with Gasteiger partial charge in [0.1, 0.15) is 28.8 Å². The van der Waals surface area contributed by atoms with Crippen LogP contribution < -0.4 is 9.64 Å². The second-order valence-electron chi connectivity index (χ2n) is 8.20. The number of aliphatic hydroxyl groups excluding tert-OH is 1. The fourth-order valence-corrected chi connectivity index (χ4v) is 5.03. The molecule has 2 heterocycles. The molecule has 1 aromatic heterocycles. The zero-order valence-electron chi connectivity index (χ0n) is 20.3. The molecule has 0 spiro atoms. The van der Waals surface area contributed by atoms with E-state index in [0.29, 0.717) is 34.7 Å². The molecule has 10 heteroatoms. The monoisotopic (exact) mass is 522 g/mol. The normalized spacial score (nSPS) is 16.6. The van der Waals surface area contributed by atoms with Crippen LogP contribution in [-0.2, 0) is 14.3 Å². The maximum Gasteiger partial charge on any atom is 0.350 e. The lowest BCUT2D eigenvalue weighted by molar-refractivity contribution is -0.132. The standard InChI is InChI=1S/C27H23FN2O6S/c1-5-12-36-19-11-8-17(13-14(19)2)22(31)20-21(16-6-9-18(28)10-7-16)30(25(33)23(20)32)27-29-15(3)24(37-27)26(34)35-4/h5-11,13,21,31H,1,12H2,2-4H3/t21-/m1/s1. The van der Waals surface area contributed by atoms with Crippen LogP contribution in [0.15, 0.2) is 60.7 Å². The lowest BCUT2D eigenvalue weighted by atomic mass is 9.95. The molecule has 1 atom stereocenters. The number of rotatable bonds is 7. The van der Waals surface area contributed by atoms with Crippen molar-refractivity contribution in [2.45, 2.75) is 19.9 Å². The smallest absolute Gasteiger partial charge is 0.350 e. The molecule has 1 N–H and O–H groups in total. The van der Waals surface area contributed by atoms with Crippen molar-refractivity contribution in [1.82, 2.24) is 4.98 Å². The van der Waals surface area contributed by atoms with Gasteiger partial charge >= 0.3 is 11.9 Å². The van der Waals surface area contributed by atoms with E-state index < -0.39 is 35.3 Å². The van der Waals surface area contributed by atoms with E-state index in [1.54, 1.807) is 38.1 Å². The number of esters is 1. The largest absolute Gasteiger partial charge is 0.507 e. The second-order valence-corrected chi connectivity index (χ2v) is 9.18. The van der Waals surface area contributed by atoms with Crippen molar-refractivity contribution in [2.75, 3.05) is 18.6 Å². The minimum atomic E-state index is -1.12. The number of Topliss-reactive ketones (excluding diaryl/α,β-unsaturated/α-hetero) is 1. The van der Waals surface area contributed by atoms with Gasteiger partial charge < -0.3 is 14.6 Å². The lowest BCUT2D eigenvalue weighted by Crippen LogP contribution is -2.29. The van der Waals surface area contributed by atoms with Crippen LogP contribution in [0, 0.1) is 19.7 Å². The summed E-state index contributed by atoms with van der Waals surface area (Å²) >= 11 is 0.883. The molecular formula is C27H23FN2O6S. The van der Waals surface area contributed by atoms with E-state index in [-0.39, 0.29) is 15.6 Å². The fraction of sp³-hybridized carbons (Fsp3) is 0.185. The SMILES string of the molecule is C=CCOc1ccc(C(O)=C2C(=O)C(=O)N(c3nc(C)c(C(=O)OC)s3)[C@@H]2c2ccc(F)cc2)cc1C. The van der Waals surface area contributed by atoms with Gasteiger partial charge in [-0.15, -0.1) is 0 Å². The highest BCUT2D eigenvalue weighted by Gasteiger charge is 2.48. The molecule has 1 aliphatic heterocycles. The first-order valence-corrected chi connectivity index (χ1v) is 12.0. The van der Waals surface area contributed by atoms with Crippen molar-refractivity contribution in [1.29, 1.82) is 0 Å². The summed E-state index contributed by atoms with van der Waals surface area (Å²) in [4.78, 5) is 44.3. The summed E-state index contributed by atoms with van der Waals surface area (Å²) in [6, 6.07) is 8.95. The maximum absolute atomic E-state index is 13.7. The van der Waals surface area contributed by atoms with Crippen LogP contribution >= 0.6 is 11.3 Å². The van der Waals surface area contributed by atoms with Gasteiger partial charge in [0, 0.05) is 5.56 Å². The van der Waals surface area contributed by atoms with E-state index in [4.69, 9.17) is 9.47 Å². The summed E-state index contributed by atoms with van der Waals surface area (Å²) in [5.41, 5.74) is 1.48. The number of methoxy groups -OCH3 is 1. The molecule has 0 unspecified atom stereocenters. The number of ketones is 1. The summed E-state index contributed by atoms with van der Waals surface area (Å²) in [6.45, 7) is 7.26. The maximum atomic E-state index is 13.7. The number of nitrogens with zero attached hydrogens (tertiary/aromatic N) is 2. The highest BCUT2D eigenvalue weighted by Crippen LogP contribution is 2.44. The Bertz CT molecular complexity index is 1440. The number of ether oxygens (including phenoxy) is 2. The topological polar surface area (TPSA) is 106 Å². The molecular weight excluding hydrogens is 499 g/mol. The number of aliphatic hydroxyl groups is 1. The minimum absolute atomic E-state index is 0.0673. The van der Waals surface area contributed by atoms with Crippen molar-refractivity contribution in [3.05, 3.63) is 93.8 Å². The number of halogens is 1. The molecule has 37 heavy (non-hydrogen) atoms. The number of carbonyl (C=O) groups is 3. The van der Waals surface area contributed by atoms with Crippen LogP contribution in [0.25, 0.3) is 5.76 Å². The highest BCUT2D eigenvalue weighted by atomic mass is 32.1. The van der Waals surface area contributed by atoms with Gasteiger partial charge in [-0.25, -0.2) is 14.2 Å². The molecule has 190 valence electrons. The van der Waals surface area contributed by atoms with Gasteiger partial charge in [0.2, 0.25) is 0 Å². The highest BCUT2D eigenvalue weighted by molar-refractivity contribution is 7.17. The van der Waals surface area contributed by atoms with Gasteiger partial charge in [-0.1, -0.05) is 36.1 Å². The van der Waals surface area contributed by atoms with Gasteiger partial charge in [-0.3, -0.25) is 14.5 Å². The summed E-state index contributed by atoms with van der Waals surface area (Å²) in [5.74, 6) is -2.86. The molecule has 2 aromatic carbocycles. The van der Waals surface area contributed by atoms with Crippen LogP contribution in [0.5, 0.6) is 5.75 Å². The summed E-state index contributed by atoms with van der Waals surface area (Å²) < 4.78 is 24.1. The van der Waals surface area contributed by atoms with Gasteiger partial charge in [-0.2, -0.15) is 0 Å². The Morgan fingerprint density at radius 2 is 1.92 bits per heavy atom. The fourth-order valence-electron chi connectivity index (χ4n) is 4.02. The van der Waals surface area contributed by atoms with Gasteiger partial charge in [0.25, 0.3) is 5.78 Å². The number of hydrogen-bond donors (Lipinski definition) is 1. The number of anilines is 1. The van der Waals surface area contributed by atoms with Crippen molar-refractivity contribution in [3.8, 4) is 5.75 Å². The van der Waals surface area contributed by atoms with Gasteiger partial charge in [0.15, 0.2) is 5.13 Å². The average Bonchev–Trinajstić information content (AvgIpc) is 3.39. The zero-order chi connectivity index (χ0) is 26.9. The molecule has 1 amide bonds.